The van der Waals surface area contributed by atoms with Crippen molar-refractivity contribution >= 4 is 11.6 Å². The molecule has 3 N–H and O–H groups in total. The van der Waals surface area contributed by atoms with Crippen LogP contribution in [0.15, 0.2) is 12.4 Å². The third-order valence-electron chi connectivity index (χ3n) is 5.75. The number of rotatable bonds is 3. The molecule has 1 aromatic rings. The van der Waals surface area contributed by atoms with E-state index in [4.69, 9.17) is 5.73 Å². The molecule has 120 valence electrons. The van der Waals surface area contributed by atoms with Crippen molar-refractivity contribution in [3.63, 3.8) is 0 Å². The molecule has 1 aliphatic heterocycles. The Morgan fingerprint density at radius 1 is 1.32 bits per heavy atom. The second-order valence-electron chi connectivity index (χ2n) is 7.30. The van der Waals surface area contributed by atoms with Crippen LogP contribution in [0.5, 0.6) is 0 Å². The molecule has 4 atom stereocenters. The van der Waals surface area contributed by atoms with Gasteiger partial charge in [0.25, 0.3) is 0 Å². The zero-order valence-electron chi connectivity index (χ0n) is 13.1. The summed E-state index contributed by atoms with van der Waals surface area (Å²) in [6.45, 7) is 2.21. The van der Waals surface area contributed by atoms with Crippen LogP contribution in [0, 0.1) is 17.8 Å². The highest BCUT2D eigenvalue weighted by molar-refractivity contribution is 5.93. The predicted molar refractivity (Wildman–Crippen MR) is 84.3 cm³/mol. The molecule has 0 radical (unpaired) electrons. The number of likely N-dealkylation sites (tertiary alicyclic amines) is 1. The first-order valence-electron chi connectivity index (χ1n) is 8.41. The van der Waals surface area contributed by atoms with Crippen molar-refractivity contribution in [3.05, 3.63) is 12.4 Å². The molecule has 2 aliphatic carbocycles. The zero-order valence-corrected chi connectivity index (χ0v) is 13.1. The second-order valence-corrected chi connectivity index (χ2v) is 7.30. The Balaban J connectivity index is 1.37. The summed E-state index contributed by atoms with van der Waals surface area (Å²) in [5, 5.41) is 7.49. The molecule has 3 fully saturated rings. The van der Waals surface area contributed by atoms with E-state index in [1.807, 2.05) is 10.9 Å². The number of nitrogens with one attached hydrogen (secondary N) is 1. The van der Waals surface area contributed by atoms with E-state index >= 15 is 0 Å². The van der Waals surface area contributed by atoms with Gasteiger partial charge in [0.15, 0.2) is 0 Å². The van der Waals surface area contributed by atoms with Crippen LogP contribution in [-0.4, -0.2) is 46.8 Å². The topological polar surface area (TPSA) is 76.2 Å². The summed E-state index contributed by atoms with van der Waals surface area (Å²) in [6.07, 6.45) is 7.96. The number of piperidine rings is 1. The minimum Gasteiger partial charge on any atom is -0.327 e. The number of fused-ring (bicyclic) bond motifs is 1. The van der Waals surface area contributed by atoms with Gasteiger partial charge in [0.05, 0.1) is 17.9 Å². The maximum absolute atomic E-state index is 12.4. The lowest BCUT2D eigenvalue weighted by atomic mass is 10.0. The van der Waals surface area contributed by atoms with E-state index in [2.05, 4.69) is 22.4 Å². The van der Waals surface area contributed by atoms with Crippen molar-refractivity contribution in [2.45, 2.75) is 37.8 Å². The van der Waals surface area contributed by atoms with Crippen molar-refractivity contribution < 1.29 is 4.79 Å². The average Bonchev–Trinajstić information content (AvgIpc) is 3.05. The smallest absolute Gasteiger partial charge is 0.227 e. The number of amides is 1. The molecule has 4 rings (SSSR count). The Morgan fingerprint density at radius 2 is 2.09 bits per heavy atom. The van der Waals surface area contributed by atoms with Gasteiger partial charge in [-0.3, -0.25) is 9.48 Å². The Kier molecular flexibility index (Phi) is 3.46. The lowest BCUT2D eigenvalue weighted by molar-refractivity contribution is -0.120. The summed E-state index contributed by atoms with van der Waals surface area (Å²) in [5.74, 6) is 1.35. The van der Waals surface area contributed by atoms with Crippen molar-refractivity contribution in [2.24, 2.45) is 23.5 Å². The number of hydrogen-bond donors (Lipinski definition) is 2. The van der Waals surface area contributed by atoms with Crippen LogP contribution in [-0.2, 0) is 4.79 Å². The lowest BCUT2D eigenvalue weighted by Gasteiger charge is -2.28. The Labute approximate surface area is 131 Å². The highest BCUT2D eigenvalue weighted by atomic mass is 16.1. The molecule has 0 aromatic carbocycles. The van der Waals surface area contributed by atoms with Crippen LogP contribution >= 0.6 is 0 Å². The summed E-state index contributed by atoms with van der Waals surface area (Å²) in [7, 11) is 2.16. The van der Waals surface area contributed by atoms with E-state index in [1.165, 1.54) is 0 Å². The monoisotopic (exact) mass is 303 g/mol. The number of hydrogen-bond acceptors (Lipinski definition) is 4. The van der Waals surface area contributed by atoms with Crippen LogP contribution in [0.2, 0.25) is 0 Å². The third kappa shape index (κ3) is 2.54. The average molecular weight is 303 g/mol. The van der Waals surface area contributed by atoms with Gasteiger partial charge in [-0.2, -0.15) is 5.10 Å². The molecule has 6 heteroatoms. The van der Waals surface area contributed by atoms with E-state index in [0.717, 1.165) is 44.5 Å². The highest BCUT2D eigenvalue weighted by Gasteiger charge is 2.55. The minimum atomic E-state index is 0.103. The van der Waals surface area contributed by atoms with E-state index < -0.39 is 0 Å². The van der Waals surface area contributed by atoms with E-state index in [9.17, 15) is 4.79 Å². The van der Waals surface area contributed by atoms with Gasteiger partial charge in [0, 0.05) is 18.2 Å². The SMILES string of the molecule is CN1CCC(n2cc(NC(=O)[C@@H]3C[C@H](N)[C@H]4C[C@H]43)cn2)CC1. The van der Waals surface area contributed by atoms with Gasteiger partial charge in [-0.25, -0.2) is 0 Å². The molecule has 0 unspecified atom stereocenters. The van der Waals surface area contributed by atoms with Gasteiger partial charge in [-0.1, -0.05) is 0 Å². The van der Waals surface area contributed by atoms with Crippen LogP contribution in [0.3, 0.4) is 0 Å². The molecule has 0 bridgehead atoms. The number of nitrogens with zero attached hydrogens (tertiary/aromatic N) is 3. The maximum atomic E-state index is 12.4. The van der Waals surface area contributed by atoms with Crippen molar-refractivity contribution in [1.82, 2.24) is 14.7 Å². The van der Waals surface area contributed by atoms with Gasteiger partial charge in [-0.15, -0.1) is 0 Å². The van der Waals surface area contributed by atoms with Crippen LogP contribution < -0.4 is 11.1 Å². The van der Waals surface area contributed by atoms with Crippen LogP contribution in [0.4, 0.5) is 5.69 Å². The molecule has 0 spiro atoms. The Bertz CT molecular complexity index is 563. The van der Waals surface area contributed by atoms with E-state index in [1.54, 1.807) is 6.20 Å². The second kappa shape index (κ2) is 5.35. The largest absolute Gasteiger partial charge is 0.327 e. The lowest BCUT2D eigenvalue weighted by Crippen LogP contribution is -2.31. The summed E-state index contributed by atoms with van der Waals surface area (Å²) >= 11 is 0. The molecular formula is C16H25N5O. The van der Waals surface area contributed by atoms with Crippen molar-refractivity contribution in [2.75, 3.05) is 25.5 Å². The molecule has 3 aliphatic rings. The quantitative estimate of drug-likeness (QED) is 0.876. The molecule has 22 heavy (non-hydrogen) atoms. The maximum Gasteiger partial charge on any atom is 0.227 e. The first-order valence-corrected chi connectivity index (χ1v) is 8.41. The molecule has 1 amide bonds. The number of carbonyl (C=O) groups is 1. The first kappa shape index (κ1) is 14.2. The molecular weight excluding hydrogens is 278 g/mol. The fourth-order valence-corrected chi connectivity index (χ4v) is 4.23. The van der Waals surface area contributed by atoms with Gasteiger partial charge < -0.3 is 16.0 Å². The zero-order chi connectivity index (χ0) is 15.3. The fourth-order valence-electron chi connectivity index (χ4n) is 4.23. The van der Waals surface area contributed by atoms with Gasteiger partial charge >= 0.3 is 0 Å². The standard InChI is InChI=1S/C16H25N5O/c1-20-4-2-11(3-5-20)21-9-10(8-18-21)19-16(22)14-7-15(17)13-6-12(13)14/h8-9,11-15H,2-7,17H2,1H3,(H,19,22)/t12-,13+,14-,15+/m1/s1. The van der Waals surface area contributed by atoms with Crippen LogP contribution in [0.25, 0.3) is 0 Å². The fraction of sp³-hybridized carbons (Fsp3) is 0.750. The highest BCUT2D eigenvalue weighted by Crippen LogP contribution is 2.54. The number of nitrogens with two attached hydrogens (primary N) is 1. The van der Waals surface area contributed by atoms with Gasteiger partial charge in [0.1, 0.15) is 0 Å². The van der Waals surface area contributed by atoms with Crippen molar-refractivity contribution in [3.8, 4) is 0 Å². The Hall–Kier alpha value is -1.40. The Morgan fingerprint density at radius 3 is 2.73 bits per heavy atom. The summed E-state index contributed by atoms with van der Waals surface area (Å²) < 4.78 is 2.02. The van der Waals surface area contributed by atoms with Crippen molar-refractivity contribution in [1.29, 1.82) is 0 Å². The summed E-state index contributed by atoms with van der Waals surface area (Å²) in [4.78, 5) is 14.8. The first-order chi connectivity index (χ1) is 10.6. The third-order valence-corrected chi connectivity index (χ3v) is 5.75. The summed E-state index contributed by atoms with van der Waals surface area (Å²) in [5.41, 5.74) is 6.87. The van der Waals surface area contributed by atoms with Gasteiger partial charge in [-0.05, 0) is 57.7 Å². The number of carbonyl (C=O) groups excluding carboxylic acids is 1. The molecule has 6 nitrogen and oxygen atoms in total. The van der Waals surface area contributed by atoms with E-state index in [0.29, 0.717) is 17.9 Å². The normalized spacial score (nSPS) is 35.4. The predicted octanol–water partition coefficient (Wildman–Crippen LogP) is 1.07. The summed E-state index contributed by atoms with van der Waals surface area (Å²) in [6, 6.07) is 0.678. The molecule has 2 saturated carbocycles. The number of aromatic nitrogens is 2. The van der Waals surface area contributed by atoms with E-state index in [-0.39, 0.29) is 17.9 Å². The minimum absolute atomic E-state index is 0.103. The molecule has 1 saturated heterocycles. The molecule has 2 heterocycles. The van der Waals surface area contributed by atoms with Gasteiger partial charge in [0.2, 0.25) is 5.91 Å². The van der Waals surface area contributed by atoms with Crippen LogP contribution in [0.1, 0.15) is 31.7 Å². The number of anilines is 1. The molecule has 1 aromatic heterocycles.